The molecule has 266 valence electrons. The third-order valence-electron chi connectivity index (χ3n) is 8.05. The molecule has 3 saturated heterocycles. The molecule has 3 aliphatic rings. The van der Waals surface area contributed by atoms with E-state index in [1.165, 1.54) is 19.2 Å². The number of β-lactam (4-membered cyclic amide) rings is 1. The first-order valence-corrected chi connectivity index (χ1v) is 16.6. The molecule has 3 fully saturated rings. The summed E-state index contributed by atoms with van der Waals surface area (Å²) in [7, 11) is 0. The number of hydrogen-bond acceptors (Lipinski definition) is 15. The number of phenolic OH excluding ortho intramolecular Hbond substituents is 2. The SMILES string of the molecule is CC(C)(O/N=C(\C(=O)N[C@@H]1C(=O)N2C[C@@](C(=O)O)(N3CCC[C@H](NC(=O)C(=O)c4ccc(O)c(O)c4Cl)C3=O)S[C@H]12)c1csc(N)n1)C(=O)O. The second-order valence-corrected chi connectivity index (χ2v) is 14.4. The van der Waals surface area contributed by atoms with Crippen molar-refractivity contribution >= 4 is 86.9 Å². The van der Waals surface area contributed by atoms with Crippen LogP contribution in [0.25, 0.3) is 0 Å². The molecule has 50 heavy (non-hydrogen) atoms. The number of piperidine rings is 1. The maximum Gasteiger partial charge on any atom is 0.350 e. The van der Waals surface area contributed by atoms with Crippen LogP contribution in [0.15, 0.2) is 22.7 Å². The molecule has 2 aromatic rings. The second kappa shape index (κ2) is 13.3. The number of thiazole rings is 1. The zero-order valence-electron chi connectivity index (χ0n) is 25.9. The van der Waals surface area contributed by atoms with E-state index in [1.54, 1.807) is 0 Å². The molecule has 4 amide bonds. The lowest BCUT2D eigenvalue weighted by molar-refractivity contribution is -0.161. The number of fused-ring (bicyclic) bond motifs is 1. The fourth-order valence-electron chi connectivity index (χ4n) is 5.26. The van der Waals surface area contributed by atoms with Crippen molar-refractivity contribution < 1.29 is 58.8 Å². The molecular weight excluding hydrogens is 726 g/mol. The zero-order valence-corrected chi connectivity index (χ0v) is 28.3. The van der Waals surface area contributed by atoms with Crippen molar-refractivity contribution in [3.05, 3.63) is 33.8 Å². The van der Waals surface area contributed by atoms with Crippen LogP contribution in [0.3, 0.4) is 0 Å². The summed E-state index contributed by atoms with van der Waals surface area (Å²) in [6.45, 7) is 1.81. The van der Waals surface area contributed by atoms with Crippen molar-refractivity contribution in [1.29, 1.82) is 0 Å². The van der Waals surface area contributed by atoms with Crippen LogP contribution in [-0.4, -0.2) is 123 Å². The number of carboxylic acids is 2. The van der Waals surface area contributed by atoms with E-state index in [4.69, 9.17) is 22.2 Å². The van der Waals surface area contributed by atoms with Crippen LogP contribution >= 0.6 is 34.7 Å². The van der Waals surface area contributed by atoms with Crippen LogP contribution in [0.1, 0.15) is 42.7 Å². The highest BCUT2D eigenvalue weighted by atomic mass is 35.5. The third kappa shape index (κ3) is 6.33. The van der Waals surface area contributed by atoms with Gasteiger partial charge in [-0.15, -0.1) is 11.3 Å². The number of nitrogen functional groups attached to an aromatic ring is 1. The first-order chi connectivity index (χ1) is 23.4. The Morgan fingerprint density at radius 2 is 1.82 bits per heavy atom. The smallest absolute Gasteiger partial charge is 0.350 e. The number of nitrogens with two attached hydrogens (primary N) is 1. The predicted octanol–water partition coefficient (Wildman–Crippen LogP) is -0.455. The molecule has 5 rings (SSSR count). The van der Waals surface area contributed by atoms with Gasteiger partial charge in [0, 0.05) is 11.9 Å². The Balaban J connectivity index is 1.32. The average molecular weight is 754 g/mol. The van der Waals surface area contributed by atoms with Crippen molar-refractivity contribution in [2.75, 3.05) is 18.8 Å². The van der Waals surface area contributed by atoms with Crippen LogP contribution < -0.4 is 16.4 Å². The van der Waals surface area contributed by atoms with Gasteiger partial charge < -0.3 is 51.4 Å². The summed E-state index contributed by atoms with van der Waals surface area (Å²) in [4.78, 5) is 99.4. The van der Waals surface area contributed by atoms with E-state index in [0.29, 0.717) is 11.8 Å². The highest BCUT2D eigenvalue weighted by Gasteiger charge is 2.66. The van der Waals surface area contributed by atoms with Crippen LogP contribution in [-0.2, 0) is 33.6 Å². The molecular formula is C28H28ClN7O12S2. The number of carbonyl (C=O) groups excluding carboxylic acids is 5. The molecule has 0 spiro atoms. The number of aromatic nitrogens is 1. The number of anilines is 1. The Morgan fingerprint density at radius 1 is 1.12 bits per heavy atom. The second-order valence-electron chi connectivity index (χ2n) is 11.7. The maximum absolute atomic E-state index is 13.7. The number of nitrogens with zero attached hydrogens (tertiary/aromatic N) is 4. The topological polar surface area (TPSA) is 291 Å². The number of hydrogen-bond donors (Lipinski definition) is 7. The largest absolute Gasteiger partial charge is 0.504 e. The molecule has 19 nitrogen and oxygen atoms in total. The summed E-state index contributed by atoms with van der Waals surface area (Å²) < 4.78 is 0. The lowest BCUT2D eigenvalue weighted by atomic mass is 9.99. The highest BCUT2D eigenvalue weighted by molar-refractivity contribution is 8.02. The van der Waals surface area contributed by atoms with Crippen molar-refractivity contribution in [1.82, 2.24) is 25.4 Å². The summed E-state index contributed by atoms with van der Waals surface area (Å²) in [5.74, 6) is -9.38. The summed E-state index contributed by atoms with van der Waals surface area (Å²) in [5, 5.41) is 47.4. The van der Waals surface area contributed by atoms with Crippen molar-refractivity contribution in [2.24, 2.45) is 5.16 Å². The van der Waals surface area contributed by atoms with Crippen LogP contribution in [0.2, 0.25) is 5.02 Å². The number of oxime groups is 1. The standard InChI is InChI=1S/C28H28ClN7O12S2/c1-27(2,24(44)45)48-34-15(12-8-49-26(30)32-12)19(40)33-16-22(43)35-9-28(25(46)47,50-23(16)35)36-7-3-4-11(21(36)42)31-20(41)17(38)10-5-6-13(37)18(39)14(10)29/h5-6,8,11,16,23,37,39H,3-4,7,9H2,1-2H3,(H2,30,32)(H,31,41)(H,33,40)(H,44,45)(H,46,47)/b34-15-/t11-,16+,23+,28+/m0/s1. The van der Waals surface area contributed by atoms with E-state index in [-0.39, 0.29) is 30.2 Å². The predicted molar refractivity (Wildman–Crippen MR) is 173 cm³/mol. The van der Waals surface area contributed by atoms with E-state index in [2.05, 4.69) is 20.8 Å². The Bertz CT molecular complexity index is 1870. The Hall–Kier alpha value is -5.15. The summed E-state index contributed by atoms with van der Waals surface area (Å²) in [6, 6.07) is -0.702. The molecule has 0 radical (unpaired) electrons. The fraction of sp³-hybridized carbons (Fsp3) is 0.393. The van der Waals surface area contributed by atoms with Crippen LogP contribution in [0.4, 0.5) is 5.13 Å². The van der Waals surface area contributed by atoms with Crippen molar-refractivity contribution in [2.45, 2.75) is 54.6 Å². The lowest BCUT2D eigenvalue weighted by Gasteiger charge is -2.41. The first kappa shape index (κ1) is 36.1. The Labute approximate surface area is 294 Å². The van der Waals surface area contributed by atoms with E-state index in [1.807, 2.05) is 0 Å². The van der Waals surface area contributed by atoms with E-state index in [0.717, 1.165) is 33.3 Å². The minimum atomic E-state index is -2.05. The van der Waals surface area contributed by atoms with Gasteiger partial charge in [0.15, 0.2) is 22.3 Å². The van der Waals surface area contributed by atoms with Gasteiger partial charge in [0.1, 0.15) is 23.2 Å². The maximum atomic E-state index is 13.7. The van der Waals surface area contributed by atoms with Gasteiger partial charge in [-0.3, -0.25) is 24.0 Å². The molecule has 3 aliphatic heterocycles. The Kier molecular flexibility index (Phi) is 9.60. The quantitative estimate of drug-likeness (QED) is 0.0382. The number of Topliss-reactive ketones (excluding diaryl/α,β-unsaturated/α-hetero) is 1. The summed E-state index contributed by atoms with van der Waals surface area (Å²) in [6.07, 6.45) is 0.237. The van der Waals surface area contributed by atoms with E-state index >= 15 is 0 Å². The average Bonchev–Trinajstić information content (AvgIpc) is 3.65. The molecule has 0 aliphatic carbocycles. The minimum absolute atomic E-state index is 0.0397. The number of benzene rings is 1. The number of halogens is 1. The van der Waals surface area contributed by atoms with Gasteiger partial charge in [-0.05, 0) is 38.8 Å². The number of carbonyl (C=O) groups is 7. The van der Waals surface area contributed by atoms with Gasteiger partial charge >= 0.3 is 11.9 Å². The van der Waals surface area contributed by atoms with Crippen LogP contribution in [0, 0.1) is 0 Å². The molecule has 1 aromatic carbocycles. The normalized spacial score (nSPS) is 23.5. The van der Waals surface area contributed by atoms with Crippen molar-refractivity contribution in [3.8, 4) is 11.5 Å². The first-order valence-electron chi connectivity index (χ1n) is 14.5. The zero-order chi connectivity index (χ0) is 36.9. The van der Waals surface area contributed by atoms with E-state index in [9.17, 15) is 54.0 Å². The van der Waals surface area contributed by atoms with Crippen LogP contribution in [0.5, 0.6) is 11.5 Å². The number of ketones is 1. The number of rotatable bonds is 11. The summed E-state index contributed by atoms with van der Waals surface area (Å²) >= 11 is 7.56. The number of aromatic hydroxyl groups is 2. The molecule has 8 N–H and O–H groups in total. The number of amides is 4. The highest BCUT2D eigenvalue weighted by Crippen LogP contribution is 2.49. The monoisotopic (exact) mass is 753 g/mol. The molecule has 4 heterocycles. The summed E-state index contributed by atoms with van der Waals surface area (Å²) in [5.41, 5.74) is 2.79. The number of thioether (sulfide) groups is 1. The molecule has 1 aromatic heterocycles. The van der Waals surface area contributed by atoms with Gasteiger partial charge in [0.05, 0.1) is 17.1 Å². The molecule has 0 saturated carbocycles. The van der Waals surface area contributed by atoms with Gasteiger partial charge in [-0.1, -0.05) is 28.5 Å². The number of likely N-dealkylation sites (tertiary alicyclic amines) is 1. The number of aliphatic carboxylic acids is 2. The lowest BCUT2D eigenvalue weighted by Crippen LogP contribution is -2.68. The van der Waals surface area contributed by atoms with Gasteiger partial charge in [0.25, 0.3) is 17.6 Å². The van der Waals surface area contributed by atoms with Gasteiger partial charge in [-0.25, -0.2) is 14.6 Å². The van der Waals surface area contributed by atoms with Gasteiger partial charge in [0.2, 0.25) is 22.3 Å². The fourth-order valence-corrected chi connectivity index (χ4v) is 7.70. The Morgan fingerprint density at radius 3 is 2.44 bits per heavy atom. The molecule has 22 heteroatoms. The van der Waals surface area contributed by atoms with Crippen molar-refractivity contribution in [3.63, 3.8) is 0 Å². The molecule has 0 unspecified atom stereocenters. The van der Waals surface area contributed by atoms with Gasteiger partial charge in [-0.2, -0.15) is 0 Å². The third-order valence-corrected chi connectivity index (χ3v) is 10.8. The number of phenols is 2. The molecule has 4 atom stereocenters. The minimum Gasteiger partial charge on any atom is -0.504 e. The number of nitrogens with one attached hydrogen (secondary N) is 2. The molecule has 0 bridgehead atoms. The van der Waals surface area contributed by atoms with E-state index < -0.39 is 104 Å². The number of carboxylic acid groups (broad SMARTS) is 2.